The van der Waals surface area contributed by atoms with Crippen LogP contribution >= 0.6 is 12.4 Å². The Morgan fingerprint density at radius 3 is 2.69 bits per heavy atom. The number of carbonyl (C=O) groups excluding carboxylic acids is 1. The molecule has 1 fully saturated rings. The summed E-state index contributed by atoms with van der Waals surface area (Å²) >= 11 is 0. The Bertz CT molecular complexity index is 264. The molecular formula is C12H23ClN2O. The van der Waals surface area contributed by atoms with Gasteiger partial charge in [-0.15, -0.1) is 12.4 Å². The molecule has 1 aliphatic heterocycles. The summed E-state index contributed by atoms with van der Waals surface area (Å²) in [7, 11) is 0. The summed E-state index contributed by atoms with van der Waals surface area (Å²) in [6, 6.07) is 0.187. The highest BCUT2D eigenvalue weighted by Crippen LogP contribution is 2.20. The Morgan fingerprint density at radius 1 is 1.56 bits per heavy atom. The van der Waals surface area contributed by atoms with E-state index in [0.29, 0.717) is 5.92 Å². The fraction of sp³-hybridized carbons (Fsp3) is 0.750. The Balaban J connectivity index is 0.00000225. The quantitative estimate of drug-likeness (QED) is 0.758. The van der Waals surface area contributed by atoms with Gasteiger partial charge in [-0.2, -0.15) is 0 Å². The molecule has 0 radical (unpaired) electrons. The van der Waals surface area contributed by atoms with Crippen molar-refractivity contribution in [2.75, 3.05) is 13.1 Å². The molecule has 94 valence electrons. The number of piperidine rings is 1. The van der Waals surface area contributed by atoms with E-state index in [0.717, 1.165) is 31.5 Å². The molecule has 3 nitrogen and oxygen atoms in total. The molecule has 2 unspecified atom stereocenters. The topological polar surface area (TPSA) is 46.3 Å². The van der Waals surface area contributed by atoms with Crippen molar-refractivity contribution in [1.82, 2.24) is 4.90 Å². The third-order valence-corrected chi connectivity index (χ3v) is 3.26. The highest BCUT2D eigenvalue weighted by Gasteiger charge is 2.25. The standard InChI is InChI=1S/C12H22N2O.ClH/c1-4-9(2)12(15)14-7-5-6-11(8-14)10(3)13;/h4,10-11H,5-8,13H2,1-3H3;1H/b9-4-;. The number of hydrogen-bond acceptors (Lipinski definition) is 2. The Labute approximate surface area is 104 Å². The summed E-state index contributed by atoms with van der Waals surface area (Å²) in [5.74, 6) is 0.634. The van der Waals surface area contributed by atoms with Crippen LogP contribution in [0.15, 0.2) is 11.6 Å². The van der Waals surface area contributed by atoms with Crippen LogP contribution in [0.3, 0.4) is 0 Å². The summed E-state index contributed by atoms with van der Waals surface area (Å²) < 4.78 is 0. The lowest BCUT2D eigenvalue weighted by molar-refractivity contribution is -0.128. The van der Waals surface area contributed by atoms with E-state index in [1.54, 1.807) is 0 Å². The molecule has 0 bridgehead atoms. The number of hydrogen-bond donors (Lipinski definition) is 1. The third-order valence-electron chi connectivity index (χ3n) is 3.26. The first kappa shape index (κ1) is 15.5. The van der Waals surface area contributed by atoms with Crippen LogP contribution in [0.4, 0.5) is 0 Å². The molecule has 1 rings (SSSR count). The van der Waals surface area contributed by atoms with Crippen LogP contribution in [0.1, 0.15) is 33.6 Å². The zero-order chi connectivity index (χ0) is 11.4. The normalized spacial score (nSPS) is 23.6. The number of halogens is 1. The SMILES string of the molecule is C/C=C(/C)C(=O)N1CCCC(C(C)N)C1.Cl. The van der Waals surface area contributed by atoms with Crippen LogP contribution in [-0.4, -0.2) is 29.9 Å². The fourth-order valence-electron chi connectivity index (χ4n) is 2.00. The molecule has 4 heteroatoms. The van der Waals surface area contributed by atoms with E-state index in [-0.39, 0.29) is 24.4 Å². The minimum absolute atomic E-state index is 0. The highest BCUT2D eigenvalue weighted by atomic mass is 35.5. The number of nitrogens with two attached hydrogens (primary N) is 1. The van der Waals surface area contributed by atoms with Gasteiger partial charge in [0, 0.05) is 24.7 Å². The van der Waals surface area contributed by atoms with Gasteiger partial charge in [-0.05, 0) is 39.5 Å². The van der Waals surface area contributed by atoms with Gasteiger partial charge in [0.05, 0.1) is 0 Å². The van der Waals surface area contributed by atoms with Gasteiger partial charge in [-0.1, -0.05) is 6.08 Å². The zero-order valence-electron chi connectivity index (χ0n) is 10.4. The van der Waals surface area contributed by atoms with Gasteiger partial charge >= 0.3 is 0 Å². The maximum atomic E-state index is 11.9. The van der Waals surface area contributed by atoms with Crippen LogP contribution in [0.2, 0.25) is 0 Å². The molecule has 1 heterocycles. The molecule has 0 saturated carbocycles. The molecule has 0 spiro atoms. The molecule has 0 aromatic rings. The van der Waals surface area contributed by atoms with E-state index in [4.69, 9.17) is 5.73 Å². The number of likely N-dealkylation sites (tertiary alicyclic amines) is 1. The molecule has 1 aliphatic rings. The van der Waals surface area contributed by atoms with Crippen molar-refractivity contribution < 1.29 is 4.79 Å². The number of carbonyl (C=O) groups is 1. The zero-order valence-corrected chi connectivity index (χ0v) is 11.2. The van der Waals surface area contributed by atoms with Gasteiger partial charge < -0.3 is 10.6 Å². The maximum absolute atomic E-state index is 11.9. The lowest BCUT2D eigenvalue weighted by Crippen LogP contribution is -2.45. The molecule has 16 heavy (non-hydrogen) atoms. The molecule has 2 N–H and O–H groups in total. The lowest BCUT2D eigenvalue weighted by atomic mass is 9.92. The van der Waals surface area contributed by atoms with Gasteiger partial charge in [-0.25, -0.2) is 0 Å². The second-order valence-corrected chi connectivity index (χ2v) is 4.48. The van der Waals surface area contributed by atoms with E-state index < -0.39 is 0 Å². The largest absolute Gasteiger partial charge is 0.339 e. The van der Waals surface area contributed by atoms with Gasteiger partial charge in [0.25, 0.3) is 0 Å². The Kier molecular flexibility index (Phi) is 6.68. The molecule has 2 atom stereocenters. The number of rotatable bonds is 2. The first-order valence-corrected chi connectivity index (χ1v) is 5.74. The second kappa shape index (κ2) is 6.92. The molecule has 1 amide bonds. The first-order chi connectivity index (χ1) is 7.06. The van der Waals surface area contributed by atoms with Crippen LogP contribution < -0.4 is 5.73 Å². The predicted octanol–water partition coefficient (Wildman–Crippen LogP) is 1.96. The van der Waals surface area contributed by atoms with Crippen molar-refractivity contribution in [2.45, 2.75) is 39.7 Å². The monoisotopic (exact) mass is 246 g/mol. The van der Waals surface area contributed by atoms with E-state index in [2.05, 4.69) is 0 Å². The smallest absolute Gasteiger partial charge is 0.249 e. The van der Waals surface area contributed by atoms with Crippen molar-refractivity contribution in [1.29, 1.82) is 0 Å². The van der Waals surface area contributed by atoms with Crippen molar-refractivity contribution in [3.05, 3.63) is 11.6 Å². The second-order valence-electron chi connectivity index (χ2n) is 4.48. The van der Waals surface area contributed by atoms with Gasteiger partial charge in [0.1, 0.15) is 0 Å². The summed E-state index contributed by atoms with van der Waals surface area (Å²) in [5, 5.41) is 0. The van der Waals surface area contributed by atoms with Gasteiger partial charge in [0.2, 0.25) is 5.91 Å². The first-order valence-electron chi connectivity index (χ1n) is 5.74. The predicted molar refractivity (Wildman–Crippen MR) is 69.6 cm³/mol. The number of allylic oxidation sites excluding steroid dienone is 1. The van der Waals surface area contributed by atoms with E-state index in [9.17, 15) is 4.79 Å². The fourth-order valence-corrected chi connectivity index (χ4v) is 2.00. The van der Waals surface area contributed by atoms with Crippen molar-refractivity contribution in [3.63, 3.8) is 0 Å². The summed E-state index contributed by atoms with van der Waals surface area (Å²) in [4.78, 5) is 13.9. The van der Waals surface area contributed by atoms with Crippen LogP contribution in [0, 0.1) is 5.92 Å². The molecule has 0 aromatic carbocycles. The van der Waals surface area contributed by atoms with E-state index >= 15 is 0 Å². The van der Waals surface area contributed by atoms with Crippen molar-refractivity contribution in [2.24, 2.45) is 11.7 Å². The van der Waals surface area contributed by atoms with Gasteiger partial charge in [-0.3, -0.25) is 4.79 Å². The Morgan fingerprint density at radius 2 is 2.19 bits per heavy atom. The maximum Gasteiger partial charge on any atom is 0.249 e. The summed E-state index contributed by atoms with van der Waals surface area (Å²) in [6.45, 7) is 7.51. The lowest BCUT2D eigenvalue weighted by Gasteiger charge is -2.34. The van der Waals surface area contributed by atoms with E-state index in [1.807, 2.05) is 31.7 Å². The van der Waals surface area contributed by atoms with Crippen LogP contribution in [0.5, 0.6) is 0 Å². The molecule has 1 saturated heterocycles. The summed E-state index contributed by atoms with van der Waals surface area (Å²) in [5.41, 5.74) is 6.72. The Hall–Kier alpha value is -0.540. The minimum atomic E-state index is 0. The summed E-state index contributed by atoms with van der Waals surface area (Å²) in [6.07, 6.45) is 4.10. The van der Waals surface area contributed by atoms with E-state index in [1.165, 1.54) is 0 Å². The van der Waals surface area contributed by atoms with Crippen LogP contribution in [-0.2, 0) is 4.79 Å². The van der Waals surface area contributed by atoms with Crippen LogP contribution in [0.25, 0.3) is 0 Å². The molecular weight excluding hydrogens is 224 g/mol. The number of amides is 1. The average molecular weight is 247 g/mol. The third kappa shape index (κ3) is 3.80. The highest BCUT2D eigenvalue weighted by molar-refractivity contribution is 5.92. The molecule has 0 aliphatic carbocycles. The van der Waals surface area contributed by atoms with Crippen molar-refractivity contribution in [3.8, 4) is 0 Å². The molecule has 0 aromatic heterocycles. The van der Waals surface area contributed by atoms with Gasteiger partial charge in [0.15, 0.2) is 0 Å². The number of nitrogens with zero attached hydrogens (tertiary/aromatic N) is 1. The average Bonchev–Trinajstić information content (AvgIpc) is 2.27. The minimum Gasteiger partial charge on any atom is -0.339 e. The van der Waals surface area contributed by atoms with Crippen molar-refractivity contribution >= 4 is 18.3 Å².